The fourth-order valence-corrected chi connectivity index (χ4v) is 3.27. The zero-order valence-electron chi connectivity index (χ0n) is 9.96. The molecule has 1 unspecified atom stereocenters. The quantitative estimate of drug-likeness (QED) is 0.870. The molecule has 1 aliphatic rings. The van der Waals surface area contributed by atoms with Crippen molar-refractivity contribution in [2.24, 2.45) is 11.7 Å². The lowest BCUT2D eigenvalue weighted by Crippen LogP contribution is -2.18. The topological polar surface area (TPSA) is 26.0 Å². The van der Waals surface area contributed by atoms with Crippen LogP contribution in [-0.2, 0) is 0 Å². The van der Waals surface area contributed by atoms with Gasteiger partial charge in [-0.15, -0.1) is 0 Å². The number of benzene rings is 1. The van der Waals surface area contributed by atoms with Crippen LogP contribution in [0.2, 0.25) is 0 Å². The maximum absolute atomic E-state index is 13.4. The van der Waals surface area contributed by atoms with Gasteiger partial charge < -0.3 is 5.73 Å². The first-order valence-electron chi connectivity index (χ1n) is 6.38. The third kappa shape index (κ3) is 3.29. The minimum absolute atomic E-state index is 0.0526. The van der Waals surface area contributed by atoms with E-state index >= 15 is 0 Å². The molecule has 94 valence electrons. The zero-order valence-corrected chi connectivity index (χ0v) is 11.5. The van der Waals surface area contributed by atoms with Crippen LogP contribution in [0.25, 0.3) is 0 Å². The predicted molar refractivity (Wildman–Crippen MR) is 72.2 cm³/mol. The van der Waals surface area contributed by atoms with E-state index < -0.39 is 0 Å². The Labute approximate surface area is 111 Å². The van der Waals surface area contributed by atoms with Gasteiger partial charge in [-0.1, -0.05) is 44.2 Å². The Morgan fingerprint density at radius 3 is 2.71 bits per heavy atom. The summed E-state index contributed by atoms with van der Waals surface area (Å²) >= 11 is 3.29. The Kier molecular flexibility index (Phi) is 4.57. The second kappa shape index (κ2) is 5.96. The molecule has 2 N–H and O–H groups in total. The van der Waals surface area contributed by atoms with Gasteiger partial charge in [-0.3, -0.25) is 0 Å². The van der Waals surface area contributed by atoms with E-state index in [9.17, 15) is 4.39 Å². The Morgan fingerprint density at radius 1 is 1.29 bits per heavy atom. The van der Waals surface area contributed by atoms with Crippen LogP contribution in [0.5, 0.6) is 0 Å². The molecule has 3 heteroatoms. The molecule has 1 aliphatic carbocycles. The predicted octanol–water partition coefficient (Wildman–Crippen LogP) is 4.56. The van der Waals surface area contributed by atoms with Crippen LogP contribution in [0.1, 0.15) is 50.1 Å². The molecular formula is C14H19BrFN. The summed E-state index contributed by atoms with van der Waals surface area (Å²) in [6.45, 7) is 0. The highest BCUT2D eigenvalue weighted by Crippen LogP contribution is 2.33. The second-order valence-electron chi connectivity index (χ2n) is 4.99. The SMILES string of the molecule is NC(CC1CCCCC1)c1cccc(F)c1Br. The van der Waals surface area contributed by atoms with E-state index in [-0.39, 0.29) is 11.9 Å². The lowest BCUT2D eigenvalue weighted by molar-refractivity contribution is 0.318. The van der Waals surface area contributed by atoms with E-state index in [0.29, 0.717) is 10.4 Å². The van der Waals surface area contributed by atoms with Crippen molar-refractivity contribution in [3.8, 4) is 0 Å². The zero-order chi connectivity index (χ0) is 12.3. The maximum Gasteiger partial charge on any atom is 0.137 e. The van der Waals surface area contributed by atoms with Gasteiger partial charge >= 0.3 is 0 Å². The summed E-state index contributed by atoms with van der Waals surface area (Å²) in [4.78, 5) is 0. The molecule has 0 saturated heterocycles. The number of halogens is 2. The normalized spacial score (nSPS) is 19.2. The van der Waals surface area contributed by atoms with Crippen molar-refractivity contribution in [2.45, 2.75) is 44.6 Å². The third-order valence-corrected chi connectivity index (χ3v) is 4.53. The van der Waals surface area contributed by atoms with Gasteiger partial charge in [0.15, 0.2) is 0 Å². The van der Waals surface area contributed by atoms with Crippen LogP contribution in [0.4, 0.5) is 4.39 Å². The van der Waals surface area contributed by atoms with Crippen molar-refractivity contribution in [3.63, 3.8) is 0 Å². The van der Waals surface area contributed by atoms with Crippen LogP contribution in [-0.4, -0.2) is 0 Å². The van der Waals surface area contributed by atoms with E-state index in [1.807, 2.05) is 6.07 Å². The molecule has 0 aromatic heterocycles. The van der Waals surface area contributed by atoms with E-state index in [1.165, 1.54) is 38.2 Å². The van der Waals surface area contributed by atoms with Crippen molar-refractivity contribution in [1.82, 2.24) is 0 Å². The Morgan fingerprint density at radius 2 is 2.00 bits per heavy atom. The van der Waals surface area contributed by atoms with E-state index in [0.717, 1.165) is 12.0 Å². The summed E-state index contributed by atoms with van der Waals surface area (Å²) < 4.78 is 13.9. The van der Waals surface area contributed by atoms with E-state index in [4.69, 9.17) is 5.73 Å². The Bertz CT molecular complexity index is 374. The van der Waals surface area contributed by atoms with Gasteiger partial charge in [0.05, 0.1) is 4.47 Å². The molecular weight excluding hydrogens is 281 g/mol. The number of hydrogen-bond donors (Lipinski definition) is 1. The monoisotopic (exact) mass is 299 g/mol. The van der Waals surface area contributed by atoms with Crippen LogP contribution in [0.3, 0.4) is 0 Å². The molecule has 0 spiro atoms. The van der Waals surface area contributed by atoms with Gasteiger partial charge in [-0.2, -0.15) is 0 Å². The molecule has 0 radical (unpaired) electrons. The van der Waals surface area contributed by atoms with Crippen molar-refractivity contribution in [1.29, 1.82) is 0 Å². The van der Waals surface area contributed by atoms with Gasteiger partial charge in [0.1, 0.15) is 5.82 Å². The lowest BCUT2D eigenvalue weighted by Gasteiger charge is -2.25. The van der Waals surface area contributed by atoms with Crippen molar-refractivity contribution in [3.05, 3.63) is 34.1 Å². The molecule has 1 atom stereocenters. The number of nitrogens with two attached hydrogens (primary N) is 1. The summed E-state index contributed by atoms with van der Waals surface area (Å²) in [5, 5.41) is 0. The Balaban J connectivity index is 2.03. The van der Waals surface area contributed by atoms with Gasteiger partial charge in [0, 0.05) is 6.04 Å². The molecule has 1 fully saturated rings. The standard InChI is InChI=1S/C14H19BrFN/c15-14-11(7-4-8-12(14)16)13(17)9-10-5-2-1-3-6-10/h4,7-8,10,13H,1-3,5-6,9,17H2. The van der Waals surface area contributed by atoms with Crippen molar-refractivity contribution >= 4 is 15.9 Å². The minimum Gasteiger partial charge on any atom is -0.324 e. The molecule has 1 aromatic rings. The lowest BCUT2D eigenvalue weighted by atomic mass is 9.83. The fraction of sp³-hybridized carbons (Fsp3) is 0.571. The highest BCUT2D eigenvalue weighted by Gasteiger charge is 2.19. The number of rotatable bonds is 3. The highest BCUT2D eigenvalue weighted by molar-refractivity contribution is 9.10. The second-order valence-corrected chi connectivity index (χ2v) is 5.78. The summed E-state index contributed by atoms with van der Waals surface area (Å²) in [5.41, 5.74) is 7.10. The molecule has 1 saturated carbocycles. The molecule has 0 aliphatic heterocycles. The first kappa shape index (κ1) is 13.0. The third-order valence-electron chi connectivity index (χ3n) is 3.69. The maximum atomic E-state index is 13.4. The van der Waals surface area contributed by atoms with Crippen LogP contribution >= 0.6 is 15.9 Å². The highest BCUT2D eigenvalue weighted by atomic mass is 79.9. The first-order chi connectivity index (χ1) is 8.18. The average Bonchev–Trinajstić information content (AvgIpc) is 2.34. The van der Waals surface area contributed by atoms with Crippen LogP contribution < -0.4 is 5.73 Å². The molecule has 1 nitrogen and oxygen atoms in total. The summed E-state index contributed by atoms with van der Waals surface area (Å²) in [6.07, 6.45) is 7.53. The van der Waals surface area contributed by atoms with E-state index in [1.54, 1.807) is 6.07 Å². The summed E-state index contributed by atoms with van der Waals surface area (Å²) in [5.74, 6) is 0.496. The largest absolute Gasteiger partial charge is 0.324 e. The van der Waals surface area contributed by atoms with Crippen LogP contribution in [0, 0.1) is 11.7 Å². The Hall–Kier alpha value is -0.410. The van der Waals surface area contributed by atoms with Gasteiger partial charge in [0.25, 0.3) is 0 Å². The molecule has 2 rings (SSSR count). The van der Waals surface area contributed by atoms with Gasteiger partial charge in [-0.25, -0.2) is 4.39 Å². The van der Waals surface area contributed by atoms with Crippen molar-refractivity contribution < 1.29 is 4.39 Å². The average molecular weight is 300 g/mol. The smallest absolute Gasteiger partial charge is 0.137 e. The number of hydrogen-bond acceptors (Lipinski definition) is 1. The van der Waals surface area contributed by atoms with Gasteiger partial charge in [0.2, 0.25) is 0 Å². The molecule has 1 aromatic carbocycles. The first-order valence-corrected chi connectivity index (χ1v) is 7.17. The fourth-order valence-electron chi connectivity index (χ4n) is 2.72. The molecule has 0 heterocycles. The molecule has 0 bridgehead atoms. The summed E-state index contributed by atoms with van der Waals surface area (Å²) in [6, 6.07) is 5.06. The van der Waals surface area contributed by atoms with Crippen LogP contribution in [0.15, 0.2) is 22.7 Å². The summed E-state index contributed by atoms with van der Waals surface area (Å²) in [7, 11) is 0. The minimum atomic E-state index is -0.221. The van der Waals surface area contributed by atoms with E-state index in [2.05, 4.69) is 15.9 Å². The molecule has 0 amide bonds. The van der Waals surface area contributed by atoms with Crippen molar-refractivity contribution in [2.75, 3.05) is 0 Å². The molecule has 17 heavy (non-hydrogen) atoms. The van der Waals surface area contributed by atoms with Gasteiger partial charge in [-0.05, 0) is 39.9 Å².